The molecule has 0 unspecified atom stereocenters. The highest BCUT2D eigenvalue weighted by atomic mass is 35.5. The predicted molar refractivity (Wildman–Crippen MR) is 105 cm³/mol. The number of hydrogen-bond donors (Lipinski definition) is 1. The maximum absolute atomic E-state index is 11.8. The van der Waals surface area contributed by atoms with Crippen molar-refractivity contribution < 1.29 is 14.3 Å². The molecule has 1 N–H and O–H groups in total. The third-order valence-electron chi connectivity index (χ3n) is 3.82. The van der Waals surface area contributed by atoms with Crippen LogP contribution in [0, 0.1) is 6.92 Å². The van der Waals surface area contributed by atoms with Crippen molar-refractivity contribution in [3.05, 3.63) is 58.1 Å². The van der Waals surface area contributed by atoms with E-state index >= 15 is 0 Å². The Morgan fingerprint density at radius 3 is 2.58 bits per heavy atom. The standard InChI is InChI=1S/C20H23ClN2O3/c1-13(2)18-10-15(14(3)9-19(18)25-4)11-22-23-20(24)12-26-17-7-5-16(21)6-8-17/h5-11,13H,12H2,1-4H3,(H,23,24)/b22-11-. The number of carbonyl (C=O) groups excluding carboxylic acids is 1. The summed E-state index contributed by atoms with van der Waals surface area (Å²) in [6.07, 6.45) is 1.63. The van der Waals surface area contributed by atoms with E-state index < -0.39 is 0 Å². The molecule has 0 aliphatic heterocycles. The zero-order chi connectivity index (χ0) is 19.1. The molecule has 5 nitrogen and oxygen atoms in total. The Morgan fingerprint density at radius 1 is 1.27 bits per heavy atom. The maximum Gasteiger partial charge on any atom is 0.277 e. The lowest BCUT2D eigenvalue weighted by Gasteiger charge is -2.14. The van der Waals surface area contributed by atoms with Gasteiger partial charge in [0.25, 0.3) is 5.91 Å². The van der Waals surface area contributed by atoms with Crippen molar-refractivity contribution in [1.82, 2.24) is 5.43 Å². The molecule has 0 saturated carbocycles. The van der Waals surface area contributed by atoms with Gasteiger partial charge in [0.15, 0.2) is 6.61 Å². The van der Waals surface area contributed by atoms with Crippen molar-refractivity contribution in [3.8, 4) is 11.5 Å². The van der Waals surface area contributed by atoms with Crippen LogP contribution in [0.5, 0.6) is 11.5 Å². The van der Waals surface area contributed by atoms with Gasteiger partial charge in [-0.25, -0.2) is 5.43 Å². The molecule has 2 rings (SSSR count). The first-order valence-corrected chi connectivity index (χ1v) is 8.67. The molecular weight excluding hydrogens is 352 g/mol. The largest absolute Gasteiger partial charge is 0.496 e. The fraction of sp³-hybridized carbons (Fsp3) is 0.300. The minimum Gasteiger partial charge on any atom is -0.496 e. The van der Waals surface area contributed by atoms with Gasteiger partial charge in [0.2, 0.25) is 0 Å². The summed E-state index contributed by atoms with van der Waals surface area (Å²) in [6, 6.07) is 10.8. The Morgan fingerprint density at radius 2 is 1.96 bits per heavy atom. The maximum atomic E-state index is 11.8. The molecule has 0 spiro atoms. The fourth-order valence-electron chi connectivity index (χ4n) is 2.37. The second kappa shape index (κ2) is 9.25. The number of rotatable bonds is 7. The lowest BCUT2D eigenvalue weighted by molar-refractivity contribution is -0.123. The molecule has 26 heavy (non-hydrogen) atoms. The number of carbonyl (C=O) groups is 1. The Hall–Kier alpha value is -2.53. The van der Waals surface area contributed by atoms with Gasteiger partial charge >= 0.3 is 0 Å². The monoisotopic (exact) mass is 374 g/mol. The summed E-state index contributed by atoms with van der Waals surface area (Å²) in [6.45, 7) is 6.05. The van der Waals surface area contributed by atoms with E-state index in [9.17, 15) is 4.79 Å². The quantitative estimate of drug-likeness (QED) is 0.580. The minimum atomic E-state index is -0.341. The van der Waals surface area contributed by atoms with Crippen LogP contribution in [0.1, 0.15) is 36.5 Å². The summed E-state index contributed by atoms with van der Waals surface area (Å²) < 4.78 is 10.8. The number of hydrogen-bond acceptors (Lipinski definition) is 4. The molecule has 0 aromatic heterocycles. The van der Waals surface area contributed by atoms with E-state index in [1.165, 1.54) is 0 Å². The van der Waals surface area contributed by atoms with Crippen LogP contribution in [0.3, 0.4) is 0 Å². The van der Waals surface area contributed by atoms with E-state index in [4.69, 9.17) is 21.1 Å². The van der Waals surface area contributed by atoms with E-state index in [0.717, 1.165) is 22.4 Å². The summed E-state index contributed by atoms with van der Waals surface area (Å²) in [7, 11) is 1.66. The molecule has 2 aromatic carbocycles. The molecule has 0 aliphatic rings. The Kier molecular flexibility index (Phi) is 7.04. The van der Waals surface area contributed by atoms with E-state index in [1.54, 1.807) is 37.6 Å². The van der Waals surface area contributed by atoms with Crippen LogP contribution in [0.2, 0.25) is 5.02 Å². The lowest BCUT2D eigenvalue weighted by Crippen LogP contribution is -2.24. The number of halogens is 1. The molecule has 138 valence electrons. The number of hydrazone groups is 1. The molecule has 0 atom stereocenters. The van der Waals surface area contributed by atoms with E-state index in [-0.39, 0.29) is 12.5 Å². The van der Waals surface area contributed by atoms with Gasteiger partial charge in [-0.05, 0) is 65.9 Å². The zero-order valence-corrected chi connectivity index (χ0v) is 16.1. The van der Waals surface area contributed by atoms with Gasteiger partial charge < -0.3 is 9.47 Å². The van der Waals surface area contributed by atoms with Crippen molar-refractivity contribution >= 4 is 23.7 Å². The molecule has 0 fully saturated rings. The minimum absolute atomic E-state index is 0.127. The Bertz CT molecular complexity index is 786. The van der Waals surface area contributed by atoms with E-state index in [2.05, 4.69) is 24.4 Å². The number of ether oxygens (including phenoxy) is 2. The predicted octanol–water partition coefficient (Wildman–Crippen LogP) is 4.31. The number of aryl methyl sites for hydroxylation is 1. The smallest absolute Gasteiger partial charge is 0.277 e. The van der Waals surface area contributed by atoms with Crippen LogP contribution in [0.25, 0.3) is 0 Å². The lowest BCUT2D eigenvalue weighted by atomic mass is 9.97. The van der Waals surface area contributed by atoms with Gasteiger partial charge in [0.05, 0.1) is 13.3 Å². The Labute approximate surface area is 159 Å². The van der Waals surface area contributed by atoms with Crippen LogP contribution in [-0.4, -0.2) is 25.8 Å². The highest BCUT2D eigenvalue weighted by Crippen LogP contribution is 2.29. The van der Waals surface area contributed by atoms with Crippen LogP contribution in [0.15, 0.2) is 41.5 Å². The number of methoxy groups -OCH3 is 1. The number of benzene rings is 2. The van der Waals surface area contributed by atoms with Crippen LogP contribution in [-0.2, 0) is 4.79 Å². The molecule has 6 heteroatoms. The van der Waals surface area contributed by atoms with E-state index in [1.807, 2.05) is 19.1 Å². The van der Waals surface area contributed by atoms with Gasteiger partial charge in [-0.1, -0.05) is 25.4 Å². The first kappa shape index (κ1) is 19.8. The van der Waals surface area contributed by atoms with Crippen molar-refractivity contribution in [2.24, 2.45) is 5.10 Å². The highest BCUT2D eigenvalue weighted by molar-refractivity contribution is 6.30. The van der Waals surface area contributed by atoms with Crippen molar-refractivity contribution in [3.63, 3.8) is 0 Å². The highest BCUT2D eigenvalue weighted by Gasteiger charge is 2.10. The second-order valence-electron chi connectivity index (χ2n) is 6.14. The topological polar surface area (TPSA) is 59.9 Å². The fourth-order valence-corrected chi connectivity index (χ4v) is 2.49. The summed E-state index contributed by atoms with van der Waals surface area (Å²) in [5.41, 5.74) is 5.50. The van der Waals surface area contributed by atoms with Gasteiger partial charge in [0, 0.05) is 5.02 Å². The number of amides is 1. The van der Waals surface area contributed by atoms with Crippen molar-refractivity contribution in [2.45, 2.75) is 26.7 Å². The van der Waals surface area contributed by atoms with Crippen LogP contribution in [0.4, 0.5) is 0 Å². The average molecular weight is 375 g/mol. The first-order valence-electron chi connectivity index (χ1n) is 8.29. The molecule has 0 bridgehead atoms. The van der Waals surface area contributed by atoms with Gasteiger partial charge in [-0.2, -0.15) is 5.10 Å². The number of nitrogens with zero attached hydrogens (tertiary/aromatic N) is 1. The molecule has 1 amide bonds. The summed E-state index contributed by atoms with van der Waals surface area (Å²) in [5.74, 6) is 1.41. The van der Waals surface area contributed by atoms with Crippen LogP contribution < -0.4 is 14.9 Å². The SMILES string of the molecule is COc1cc(C)c(/C=N\NC(=O)COc2ccc(Cl)cc2)cc1C(C)C. The van der Waals surface area contributed by atoms with Gasteiger partial charge in [0.1, 0.15) is 11.5 Å². The summed E-state index contributed by atoms with van der Waals surface area (Å²) in [5, 5.41) is 4.63. The van der Waals surface area contributed by atoms with Crippen LogP contribution >= 0.6 is 11.6 Å². The van der Waals surface area contributed by atoms with Crippen molar-refractivity contribution in [2.75, 3.05) is 13.7 Å². The molecule has 2 aromatic rings. The average Bonchev–Trinajstić information content (AvgIpc) is 2.62. The first-order chi connectivity index (χ1) is 12.4. The molecular formula is C20H23ClN2O3. The van der Waals surface area contributed by atoms with E-state index in [0.29, 0.717) is 16.7 Å². The second-order valence-corrected chi connectivity index (χ2v) is 6.58. The summed E-state index contributed by atoms with van der Waals surface area (Å²) in [4.78, 5) is 11.8. The van der Waals surface area contributed by atoms with Gasteiger partial charge in [-0.3, -0.25) is 4.79 Å². The normalized spacial score (nSPS) is 11.0. The zero-order valence-electron chi connectivity index (χ0n) is 15.4. The molecule has 0 radical (unpaired) electrons. The number of nitrogens with one attached hydrogen (secondary N) is 1. The molecule has 0 aliphatic carbocycles. The Balaban J connectivity index is 1.95. The van der Waals surface area contributed by atoms with Gasteiger partial charge in [-0.15, -0.1) is 0 Å². The summed E-state index contributed by atoms with van der Waals surface area (Å²) >= 11 is 5.80. The third kappa shape index (κ3) is 5.49. The third-order valence-corrected chi connectivity index (χ3v) is 4.07. The molecule has 0 heterocycles. The van der Waals surface area contributed by atoms with Crippen molar-refractivity contribution in [1.29, 1.82) is 0 Å². The molecule has 0 saturated heterocycles.